The lowest BCUT2D eigenvalue weighted by Crippen LogP contribution is -2.46. The molecule has 0 aliphatic heterocycles. The van der Waals surface area contributed by atoms with E-state index in [4.69, 9.17) is 0 Å². The van der Waals surface area contributed by atoms with Crippen molar-refractivity contribution >= 4 is 10.0 Å². The number of sulfonamides is 1. The molecule has 0 aliphatic rings. The molecule has 0 spiro atoms. The van der Waals surface area contributed by atoms with E-state index in [0.29, 0.717) is 13.0 Å². The van der Waals surface area contributed by atoms with Gasteiger partial charge in [0.05, 0.1) is 12.6 Å². The van der Waals surface area contributed by atoms with Crippen molar-refractivity contribution in [3.05, 3.63) is 18.2 Å². The van der Waals surface area contributed by atoms with Crippen LogP contribution in [0, 0.1) is 0 Å². The predicted octanol–water partition coefficient (Wildman–Crippen LogP) is 2.88. The third kappa shape index (κ3) is 5.43. The second-order valence-electron chi connectivity index (χ2n) is 7.18. The van der Waals surface area contributed by atoms with Gasteiger partial charge in [0.15, 0.2) is 0 Å². The molecule has 0 aromatic carbocycles. The monoisotopic (exact) mass is 317 g/mol. The second kappa shape index (κ2) is 6.48. The van der Waals surface area contributed by atoms with Crippen molar-refractivity contribution in [3.63, 3.8) is 0 Å². The Balaban J connectivity index is 0.00000400. The van der Waals surface area contributed by atoms with Gasteiger partial charge in [-0.2, -0.15) is 4.31 Å². The van der Waals surface area contributed by atoms with Gasteiger partial charge in [-0.3, -0.25) is 0 Å². The van der Waals surface area contributed by atoms with E-state index in [-0.39, 0.29) is 13.0 Å². The second-order valence-corrected chi connectivity index (χ2v) is 9.09. The van der Waals surface area contributed by atoms with Gasteiger partial charge in [0.2, 0.25) is 10.0 Å². The molecular formula is C15H31N3O2S. The molecule has 1 aromatic heterocycles. The first-order valence-corrected chi connectivity index (χ1v) is 8.68. The van der Waals surface area contributed by atoms with E-state index < -0.39 is 15.6 Å². The van der Waals surface area contributed by atoms with E-state index in [1.54, 1.807) is 10.6 Å². The zero-order valence-corrected chi connectivity index (χ0v) is 14.5. The first-order chi connectivity index (χ1) is 8.83. The van der Waals surface area contributed by atoms with Gasteiger partial charge in [-0.1, -0.05) is 7.43 Å². The fourth-order valence-corrected chi connectivity index (χ4v) is 3.74. The van der Waals surface area contributed by atoms with Gasteiger partial charge in [-0.15, -0.1) is 0 Å². The van der Waals surface area contributed by atoms with Crippen LogP contribution in [0.4, 0.5) is 0 Å². The number of nitrogens with zero attached hydrogens (tertiary/aromatic N) is 3. The molecule has 6 heteroatoms. The standard InChI is InChI=1S/C14H27N3O2S.CH4/c1-13(2,3)16-11-15-10-12(16)8-9-17(14(4,5)6)20(7,18)19;/h10-11H,8-9H2,1-7H3;1H4. The molecular weight excluding hydrogens is 286 g/mol. The van der Waals surface area contributed by atoms with Crippen LogP contribution in [0.15, 0.2) is 12.5 Å². The lowest BCUT2D eigenvalue weighted by Gasteiger charge is -2.33. The fourth-order valence-electron chi connectivity index (χ4n) is 2.33. The van der Waals surface area contributed by atoms with Gasteiger partial charge in [-0.05, 0) is 41.5 Å². The summed E-state index contributed by atoms with van der Waals surface area (Å²) in [5.74, 6) is 0. The molecule has 21 heavy (non-hydrogen) atoms. The Hall–Kier alpha value is -0.880. The molecule has 0 aliphatic carbocycles. The molecule has 0 amide bonds. The van der Waals surface area contributed by atoms with Crippen molar-refractivity contribution in [3.8, 4) is 0 Å². The van der Waals surface area contributed by atoms with Crippen LogP contribution < -0.4 is 0 Å². The van der Waals surface area contributed by atoms with E-state index in [1.165, 1.54) is 6.26 Å². The Morgan fingerprint density at radius 3 is 2.10 bits per heavy atom. The highest BCUT2D eigenvalue weighted by Gasteiger charge is 2.29. The van der Waals surface area contributed by atoms with Gasteiger partial charge in [0.25, 0.3) is 0 Å². The molecule has 1 heterocycles. The molecule has 5 nitrogen and oxygen atoms in total. The minimum atomic E-state index is -3.22. The molecule has 0 N–H and O–H groups in total. The summed E-state index contributed by atoms with van der Waals surface area (Å²) in [5, 5.41) is 0. The number of hydrogen-bond donors (Lipinski definition) is 0. The third-order valence-electron chi connectivity index (χ3n) is 3.16. The molecule has 0 saturated heterocycles. The van der Waals surface area contributed by atoms with Crippen LogP contribution in [0.2, 0.25) is 0 Å². The van der Waals surface area contributed by atoms with Gasteiger partial charge < -0.3 is 4.57 Å². The smallest absolute Gasteiger partial charge is 0.211 e. The van der Waals surface area contributed by atoms with Crippen molar-refractivity contribution in [2.24, 2.45) is 0 Å². The molecule has 1 rings (SSSR count). The minimum absolute atomic E-state index is 0. The largest absolute Gasteiger partial charge is 0.329 e. The maximum atomic E-state index is 11.9. The lowest BCUT2D eigenvalue weighted by atomic mass is 10.1. The van der Waals surface area contributed by atoms with E-state index in [2.05, 4.69) is 30.3 Å². The van der Waals surface area contributed by atoms with Crippen LogP contribution in [0.1, 0.15) is 54.7 Å². The first kappa shape index (κ1) is 20.1. The van der Waals surface area contributed by atoms with Crippen LogP contribution in [0.25, 0.3) is 0 Å². The zero-order chi connectivity index (χ0) is 15.8. The van der Waals surface area contributed by atoms with Crippen molar-refractivity contribution < 1.29 is 8.42 Å². The van der Waals surface area contributed by atoms with Crippen LogP contribution in [0.3, 0.4) is 0 Å². The van der Waals surface area contributed by atoms with Gasteiger partial charge in [0, 0.05) is 35.9 Å². The average Bonchev–Trinajstić information content (AvgIpc) is 2.60. The van der Waals surface area contributed by atoms with E-state index in [0.717, 1.165) is 5.69 Å². The van der Waals surface area contributed by atoms with E-state index in [9.17, 15) is 8.42 Å². The summed E-state index contributed by atoms with van der Waals surface area (Å²) in [6, 6.07) is 0. The quantitative estimate of drug-likeness (QED) is 0.858. The Morgan fingerprint density at radius 2 is 1.71 bits per heavy atom. The first-order valence-electron chi connectivity index (χ1n) is 6.83. The Bertz CT molecular complexity index is 548. The van der Waals surface area contributed by atoms with Gasteiger partial charge in [-0.25, -0.2) is 13.4 Å². The van der Waals surface area contributed by atoms with E-state index in [1.807, 2.05) is 27.0 Å². The molecule has 124 valence electrons. The molecule has 0 fully saturated rings. The number of rotatable bonds is 4. The third-order valence-corrected chi connectivity index (χ3v) is 4.69. The average molecular weight is 317 g/mol. The van der Waals surface area contributed by atoms with Gasteiger partial charge in [0.1, 0.15) is 0 Å². The Morgan fingerprint density at radius 1 is 1.19 bits per heavy atom. The molecule has 1 aromatic rings. The highest BCUT2D eigenvalue weighted by atomic mass is 32.2. The summed E-state index contributed by atoms with van der Waals surface area (Å²) in [6.07, 6.45) is 5.53. The van der Waals surface area contributed by atoms with Crippen molar-refractivity contribution in [1.82, 2.24) is 13.9 Å². The molecule has 0 radical (unpaired) electrons. The number of aromatic nitrogens is 2. The molecule has 0 atom stereocenters. The SMILES string of the molecule is C.CC(C)(C)N(CCc1cncn1C(C)(C)C)S(C)(=O)=O. The molecule has 0 unspecified atom stereocenters. The summed E-state index contributed by atoms with van der Waals surface area (Å²) >= 11 is 0. The minimum Gasteiger partial charge on any atom is -0.329 e. The van der Waals surface area contributed by atoms with Crippen molar-refractivity contribution in [1.29, 1.82) is 0 Å². The summed E-state index contributed by atoms with van der Waals surface area (Å²) in [6.45, 7) is 12.5. The highest BCUT2D eigenvalue weighted by molar-refractivity contribution is 7.88. The highest BCUT2D eigenvalue weighted by Crippen LogP contribution is 2.20. The van der Waals surface area contributed by atoms with Crippen molar-refractivity contribution in [2.75, 3.05) is 12.8 Å². The molecule has 0 bridgehead atoms. The van der Waals surface area contributed by atoms with Crippen molar-refractivity contribution in [2.45, 2.75) is 66.5 Å². The maximum Gasteiger partial charge on any atom is 0.211 e. The summed E-state index contributed by atoms with van der Waals surface area (Å²) in [4.78, 5) is 4.19. The fraction of sp³-hybridized carbons (Fsp3) is 0.800. The van der Waals surface area contributed by atoms with Crippen LogP contribution in [0.5, 0.6) is 0 Å². The summed E-state index contributed by atoms with van der Waals surface area (Å²) < 4.78 is 27.5. The zero-order valence-electron chi connectivity index (χ0n) is 13.6. The maximum absolute atomic E-state index is 11.9. The summed E-state index contributed by atoms with van der Waals surface area (Å²) in [7, 11) is -3.22. The van der Waals surface area contributed by atoms with E-state index >= 15 is 0 Å². The Kier molecular flexibility index (Phi) is 6.21. The van der Waals surface area contributed by atoms with Crippen LogP contribution in [-0.4, -0.2) is 40.6 Å². The van der Waals surface area contributed by atoms with Gasteiger partial charge >= 0.3 is 0 Å². The normalized spacial score (nSPS) is 13.3. The predicted molar refractivity (Wildman–Crippen MR) is 89.0 cm³/mol. The van der Waals surface area contributed by atoms with Crippen LogP contribution >= 0.6 is 0 Å². The lowest BCUT2D eigenvalue weighted by molar-refractivity contribution is 0.250. The number of hydrogen-bond acceptors (Lipinski definition) is 3. The summed E-state index contributed by atoms with van der Waals surface area (Å²) in [5.41, 5.74) is 0.583. The Labute approximate surface area is 130 Å². The van der Waals surface area contributed by atoms with Crippen LogP contribution in [-0.2, 0) is 22.0 Å². The number of imidazole rings is 1. The molecule has 0 saturated carbocycles. The topological polar surface area (TPSA) is 55.2 Å².